The number of benzene rings is 1. The van der Waals surface area contributed by atoms with Crippen molar-refractivity contribution in [1.82, 2.24) is 4.90 Å². The summed E-state index contributed by atoms with van der Waals surface area (Å²) in [4.78, 5) is 2.49. The summed E-state index contributed by atoms with van der Waals surface area (Å²) in [6, 6.07) is 8.16. The van der Waals surface area contributed by atoms with E-state index >= 15 is 0 Å². The van der Waals surface area contributed by atoms with Gasteiger partial charge in [0, 0.05) is 6.54 Å². The summed E-state index contributed by atoms with van der Waals surface area (Å²) in [6.45, 7) is 3.59. The molecule has 1 saturated heterocycles. The Morgan fingerprint density at radius 1 is 1.19 bits per heavy atom. The zero-order valence-electron chi connectivity index (χ0n) is 9.86. The predicted octanol–water partition coefficient (Wildman–Crippen LogP) is 2.80. The molecule has 1 heterocycles. The van der Waals surface area contributed by atoms with Gasteiger partial charge in [0.05, 0.1) is 7.11 Å². The first-order valence-electron chi connectivity index (χ1n) is 5.91. The molecule has 86 valence electrons. The van der Waals surface area contributed by atoms with Crippen molar-refractivity contribution in [2.24, 2.45) is 0 Å². The van der Waals surface area contributed by atoms with E-state index in [2.05, 4.69) is 29.2 Å². The first-order chi connectivity index (χ1) is 7.88. The van der Waals surface area contributed by atoms with Gasteiger partial charge in [0.1, 0.15) is 5.75 Å². The van der Waals surface area contributed by atoms with Crippen LogP contribution in [0.15, 0.2) is 30.3 Å². The molecular weight excluding hydrogens is 198 g/mol. The third kappa shape index (κ3) is 3.11. The smallest absolute Gasteiger partial charge is 0.118 e. The maximum absolute atomic E-state index is 5.12. The van der Waals surface area contributed by atoms with Crippen LogP contribution in [0.2, 0.25) is 0 Å². The maximum atomic E-state index is 5.12. The lowest BCUT2D eigenvalue weighted by Crippen LogP contribution is -2.18. The topological polar surface area (TPSA) is 12.5 Å². The minimum Gasteiger partial charge on any atom is -0.497 e. The lowest BCUT2D eigenvalue weighted by molar-refractivity contribution is 0.378. The van der Waals surface area contributed by atoms with Crippen LogP contribution < -0.4 is 4.74 Å². The average molecular weight is 217 g/mol. The normalized spacial score (nSPS) is 17.1. The van der Waals surface area contributed by atoms with Crippen molar-refractivity contribution in [3.8, 4) is 5.75 Å². The molecule has 16 heavy (non-hydrogen) atoms. The van der Waals surface area contributed by atoms with Gasteiger partial charge in [-0.25, -0.2) is 0 Å². The number of nitrogens with zero attached hydrogens (tertiary/aromatic N) is 1. The summed E-state index contributed by atoms with van der Waals surface area (Å²) in [5, 5.41) is 0. The highest BCUT2D eigenvalue weighted by molar-refractivity contribution is 5.50. The van der Waals surface area contributed by atoms with Gasteiger partial charge in [0.15, 0.2) is 0 Å². The molecule has 1 aliphatic rings. The monoisotopic (exact) mass is 217 g/mol. The molecule has 0 aromatic heterocycles. The van der Waals surface area contributed by atoms with E-state index in [9.17, 15) is 0 Å². The Hall–Kier alpha value is -1.28. The Bertz CT molecular complexity index is 336. The maximum Gasteiger partial charge on any atom is 0.118 e. The van der Waals surface area contributed by atoms with Gasteiger partial charge in [-0.2, -0.15) is 0 Å². The Morgan fingerprint density at radius 3 is 2.50 bits per heavy atom. The van der Waals surface area contributed by atoms with Crippen LogP contribution in [-0.4, -0.2) is 31.6 Å². The van der Waals surface area contributed by atoms with Gasteiger partial charge in [0.25, 0.3) is 0 Å². The lowest BCUT2D eigenvalue weighted by atomic mass is 10.2. The highest BCUT2D eigenvalue weighted by Gasteiger charge is 2.08. The first-order valence-corrected chi connectivity index (χ1v) is 5.91. The van der Waals surface area contributed by atoms with Crippen molar-refractivity contribution in [2.75, 3.05) is 26.7 Å². The number of ether oxygens (including phenoxy) is 1. The standard InChI is InChI=1S/C14H19NO/c1-16-14-8-6-13(7-9-14)5-4-12-15-10-2-3-11-15/h4-9H,2-3,10-12H2,1H3. The van der Waals surface area contributed by atoms with Crippen molar-refractivity contribution < 1.29 is 4.74 Å². The van der Waals surface area contributed by atoms with E-state index in [0.29, 0.717) is 0 Å². The van der Waals surface area contributed by atoms with Crippen LogP contribution in [0.5, 0.6) is 5.75 Å². The van der Waals surface area contributed by atoms with Crippen LogP contribution >= 0.6 is 0 Å². The molecule has 1 fully saturated rings. The molecule has 0 radical (unpaired) electrons. The van der Waals surface area contributed by atoms with Gasteiger partial charge < -0.3 is 4.74 Å². The van der Waals surface area contributed by atoms with E-state index in [1.165, 1.54) is 31.5 Å². The van der Waals surface area contributed by atoms with Gasteiger partial charge in [-0.05, 0) is 43.6 Å². The SMILES string of the molecule is COc1ccc(C=CCN2CCCC2)cc1. The zero-order valence-corrected chi connectivity index (χ0v) is 9.86. The molecule has 1 aliphatic heterocycles. The van der Waals surface area contributed by atoms with Crippen molar-refractivity contribution >= 4 is 6.08 Å². The van der Waals surface area contributed by atoms with Gasteiger partial charge in [0.2, 0.25) is 0 Å². The molecule has 0 saturated carbocycles. The fourth-order valence-electron chi connectivity index (χ4n) is 2.02. The van der Waals surface area contributed by atoms with Crippen LogP contribution in [0.3, 0.4) is 0 Å². The summed E-state index contributed by atoms with van der Waals surface area (Å²) in [5.41, 5.74) is 1.24. The molecule has 2 rings (SSSR count). The molecule has 0 spiro atoms. The van der Waals surface area contributed by atoms with Crippen molar-refractivity contribution in [3.63, 3.8) is 0 Å². The number of hydrogen-bond acceptors (Lipinski definition) is 2. The van der Waals surface area contributed by atoms with Gasteiger partial charge >= 0.3 is 0 Å². The summed E-state index contributed by atoms with van der Waals surface area (Å²) in [7, 11) is 1.69. The number of likely N-dealkylation sites (tertiary alicyclic amines) is 1. The predicted molar refractivity (Wildman–Crippen MR) is 67.7 cm³/mol. The number of hydrogen-bond donors (Lipinski definition) is 0. The fourth-order valence-corrected chi connectivity index (χ4v) is 2.02. The van der Waals surface area contributed by atoms with E-state index in [0.717, 1.165) is 12.3 Å². The van der Waals surface area contributed by atoms with Crippen LogP contribution in [0.4, 0.5) is 0 Å². The first kappa shape index (κ1) is 11.2. The molecule has 0 N–H and O–H groups in total. The van der Waals surface area contributed by atoms with Gasteiger partial charge in [-0.1, -0.05) is 24.3 Å². The zero-order chi connectivity index (χ0) is 11.2. The van der Waals surface area contributed by atoms with Crippen LogP contribution in [0.25, 0.3) is 6.08 Å². The van der Waals surface area contributed by atoms with Crippen LogP contribution in [0.1, 0.15) is 18.4 Å². The Balaban J connectivity index is 1.84. The largest absolute Gasteiger partial charge is 0.497 e. The molecule has 1 aromatic rings. The second-order valence-corrected chi connectivity index (χ2v) is 4.18. The third-order valence-corrected chi connectivity index (χ3v) is 2.99. The van der Waals surface area contributed by atoms with E-state index < -0.39 is 0 Å². The molecule has 0 unspecified atom stereocenters. The van der Waals surface area contributed by atoms with Gasteiger partial charge in [-0.15, -0.1) is 0 Å². The second kappa shape index (κ2) is 5.71. The van der Waals surface area contributed by atoms with Crippen LogP contribution in [-0.2, 0) is 0 Å². The summed E-state index contributed by atoms with van der Waals surface area (Å²) >= 11 is 0. The minimum absolute atomic E-state index is 0.914. The third-order valence-electron chi connectivity index (χ3n) is 2.99. The van der Waals surface area contributed by atoms with Gasteiger partial charge in [-0.3, -0.25) is 4.90 Å². The lowest BCUT2D eigenvalue weighted by Gasteiger charge is -2.10. The highest BCUT2D eigenvalue weighted by atomic mass is 16.5. The Kier molecular flexibility index (Phi) is 4.00. The molecule has 0 amide bonds. The average Bonchev–Trinajstić information content (AvgIpc) is 2.83. The van der Waals surface area contributed by atoms with Crippen LogP contribution in [0, 0.1) is 0 Å². The quantitative estimate of drug-likeness (QED) is 0.769. The van der Waals surface area contributed by atoms with Crippen molar-refractivity contribution in [2.45, 2.75) is 12.8 Å². The molecular formula is C14H19NO. The van der Waals surface area contributed by atoms with E-state index in [1.807, 2.05) is 12.1 Å². The molecule has 0 aliphatic carbocycles. The number of rotatable bonds is 4. The molecule has 0 bridgehead atoms. The molecule has 2 nitrogen and oxygen atoms in total. The van der Waals surface area contributed by atoms with Crippen molar-refractivity contribution in [3.05, 3.63) is 35.9 Å². The second-order valence-electron chi connectivity index (χ2n) is 4.18. The molecule has 1 aromatic carbocycles. The van der Waals surface area contributed by atoms with Crippen molar-refractivity contribution in [1.29, 1.82) is 0 Å². The highest BCUT2D eigenvalue weighted by Crippen LogP contribution is 2.12. The van der Waals surface area contributed by atoms with E-state index in [-0.39, 0.29) is 0 Å². The van der Waals surface area contributed by atoms with E-state index in [1.54, 1.807) is 7.11 Å². The Morgan fingerprint density at radius 2 is 1.88 bits per heavy atom. The minimum atomic E-state index is 0.914. The Labute approximate surface area is 97.5 Å². The number of methoxy groups -OCH3 is 1. The summed E-state index contributed by atoms with van der Waals surface area (Å²) < 4.78 is 5.12. The fraction of sp³-hybridized carbons (Fsp3) is 0.429. The molecule has 0 atom stereocenters. The van der Waals surface area contributed by atoms with E-state index in [4.69, 9.17) is 4.74 Å². The molecule has 2 heteroatoms. The summed E-state index contributed by atoms with van der Waals surface area (Å²) in [6.07, 6.45) is 7.14. The summed E-state index contributed by atoms with van der Waals surface area (Å²) in [5.74, 6) is 0.914.